The summed E-state index contributed by atoms with van der Waals surface area (Å²) in [6.45, 7) is 0.0603. The van der Waals surface area contributed by atoms with Gasteiger partial charge in [0.2, 0.25) is 6.79 Å². The van der Waals surface area contributed by atoms with E-state index in [2.05, 4.69) is 5.32 Å². The van der Waals surface area contributed by atoms with Crippen molar-refractivity contribution in [3.8, 4) is 22.8 Å². The zero-order chi connectivity index (χ0) is 20.7. The van der Waals surface area contributed by atoms with Crippen LogP contribution in [-0.4, -0.2) is 24.6 Å². The van der Waals surface area contributed by atoms with Crippen LogP contribution in [0.25, 0.3) is 17.4 Å². The van der Waals surface area contributed by atoms with Crippen LogP contribution in [-0.2, 0) is 9.59 Å². The SMILES string of the molecule is O=C1NC(=O)N(c2ccc3c(c2)OCO3)C(=O)C1=Cc1ccc(-c2ccccc2)o1. The molecule has 0 aliphatic carbocycles. The molecule has 3 aromatic rings. The van der Waals surface area contributed by atoms with Crippen molar-refractivity contribution in [2.24, 2.45) is 0 Å². The second-order valence-electron chi connectivity index (χ2n) is 6.56. The fourth-order valence-corrected chi connectivity index (χ4v) is 3.25. The molecular weight excluding hydrogens is 388 g/mol. The van der Waals surface area contributed by atoms with Gasteiger partial charge in [-0.3, -0.25) is 14.9 Å². The number of barbiturate groups is 1. The van der Waals surface area contributed by atoms with Crippen LogP contribution in [0.15, 0.2) is 70.7 Å². The van der Waals surface area contributed by atoms with E-state index in [1.165, 1.54) is 12.1 Å². The molecule has 2 aliphatic heterocycles. The normalized spacial score (nSPS) is 16.9. The lowest BCUT2D eigenvalue weighted by molar-refractivity contribution is -0.122. The summed E-state index contributed by atoms with van der Waals surface area (Å²) in [5, 5.41) is 2.18. The van der Waals surface area contributed by atoms with Crippen LogP contribution in [0.1, 0.15) is 5.76 Å². The average molecular weight is 402 g/mol. The van der Waals surface area contributed by atoms with Gasteiger partial charge in [-0.25, -0.2) is 9.69 Å². The Hall–Kier alpha value is -4.33. The van der Waals surface area contributed by atoms with E-state index < -0.39 is 17.8 Å². The Morgan fingerprint density at radius 2 is 1.70 bits per heavy atom. The minimum absolute atomic E-state index is 0.0603. The maximum Gasteiger partial charge on any atom is 0.335 e. The van der Waals surface area contributed by atoms with E-state index in [0.717, 1.165) is 10.5 Å². The highest BCUT2D eigenvalue weighted by molar-refractivity contribution is 6.39. The van der Waals surface area contributed by atoms with Crippen molar-refractivity contribution in [3.05, 3.63) is 72.0 Å². The molecule has 0 atom stereocenters. The Morgan fingerprint density at radius 3 is 2.53 bits per heavy atom. The first-order chi connectivity index (χ1) is 14.6. The van der Waals surface area contributed by atoms with Crippen LogP contribution in [0.3, 0.4) is 0 Å². The van der Waals surface area contributed by atoms with Gasteiger partial charge in [-0.2, -0.15) is 0 Å². The van der Waals surface area contributed by atoms with E-state index in [4.69, 9.17) is 13.9 Å². The number of imide groups is 2. The topological polar surface area (TPSA) is 98.1 Å². The van der Waals surface area contributed by atoms with E-state index in [-0.39, 0.29) is 18.1 Å². The van der Waals surface area contributed by atoms with Crippen LogP contribution < -0.4 is 19.7 Å². The number of ether oxygens (including phenoxy) is 2. The van der Waals surface area contributed by atoms with Gasteiger partial charge in [0, 0.05) is 11.6 Å². The van der Waals surface area contributed by atoms with Crippen molar-refractivity contribution < 1.29 is 28.3 Å². The highest BCUT2D eigenvalue weighted by atomic mass is 16.7. The molecule has 148 valence electrons. The fraction of sp³-hybridized carbons (Fsp3) is 0.0455. The summed E-state index contributed by atoms with van der Waals surface area (Å²) < 4.78 is 16.3. The Labute approximate surface area is 170 Å². The second-order valence-corrected chi connectivity index (χ2v) is 6.56. The van der Waals surface area contributed by atoms with Crippen LogP contribution in [0.5, 0.6) is 11.5 Å². The molecule has 1 aromatic heterocycles. The number of fused-ring (bicyclic) bond motifs is 1. The first-order valence-corrected chi connectivity index (χ1v) is 9.06. The summed E-state index contributed by atoms with van der Waals surface area (Å²) in [7, 11) is 0. The summed E-state index contributed by atoms with van der Waals surface area (Å²) >= 11 is 0. The van der Waals surface area contributed by atoms with Crippen molar-refractivity contribution in [3.63, 3.8) is 0 Å². The molecule has 1 saturated heterocycles. The molecule has 0 bridgehead atoms. The van der Waals surface area contributed by atoms with E-state index in [1.54, 1.807) is 24.3 Å². The molecule has 3 heterocycles. The lowest BCUT2D eigenvalue weighted by Gasteiger charge is -2.26. The highest BCUT2D eigenvalue weighted by Gasteiger charge is 2.37. The van der Waals surface area contributed by atoms with Gasteiger partial charge in [0.1, 0.15) is 17.1 Å². The zero-order valence-corrected chi connectivity index (χ0v) is 15.5. The molecular formula is C22H14N2O6. The molecule has 0 saturated carbocycles. The van der Waals surface area contributed by atoms with Gasteiger partial charge in [0.25, 0.3) is 11.8 Å². The summed E-state index contributed by atoms with van der Waals surface area (Å²) in [4.78, 5) is 38.5. The number of hydrogen-bond donors (Lipinski definition) is 1. The number of benzene rings is 2. The summed E-state index contributed by atoms with van der Waals surface area (Å²) in [5.41, 5.74) is 0.893. The van der Waals surface area contributed by atoms with E-state index in [9.17, 15) is 14.4 Å². The Bertz CT molecular complexity index is 1210. The molecule has 8 nitrogen and oxygen atoms in total. The average Bonchev–Trinajstić information content (AvgIpc) is 3.41. The molecule has 0 radical (unpaired) electrons. The summed E-state index contributed by atoms with van der Waals surface area (Å²) in [5.74, 6) is 0.274. The smallest absolute Gasteiger partial charge is 0.335 e. The van der Waals surface area contributed by atoms with Gasteiger partial charge in [0.15, 0.2) is 11.5 Å². The number of hydrogen-bond acceptors (Lipinski definition) is 6. The predicted molar refractivity (Wildman–Crippen MR) is 106 cm³/mol. The second kappa shape index (κ2) is 6.93. The number of furan rings is 1. The number of nitrogens with zero attached hydrogens (tertiary/aromatic N) is 1. The number of urea groups is 1. The standard InChI is InChI=1S/C22H14N2O6/c25-20-16(11-15-7-9-17(30-15)13-4-2-1-3-5-13)21(26)24(22(27)23-20)14-6-8-18-19(10-14)29-12-28-18/h1-11H,12H2,(H,23,25,27). The molecule has 8 heteroatoms. The molecule has 5 rings (SSSR count). The third-order valence-electron chi connectivity index (χ3n) is 4.69. The van der Waals surface area contributed by atoms with E-state index >= 15 is 0 Å². The number of amides is 4. The van der Waals surface area contributed by atoms with Crippen molar-refractivity contribution in [2.75, 3.05) is 11.7 Å². The van der Waals surface area contributed by atoms with Crippen LogP contribution >= 0.6 is 0 Å². The highest BCUT2D eigenvalue weighted by Crippen LogP contribution is 2.36. The number of nitrogens with one attached hydrogen (secondary N) is 1. The van der Waals surface area contributed by atoms with Gasteiger partial charge in [-0.05, 0) is 30.3 Å². The summed E-state index contributed by atoms with van der Waals surface area (Å²) in [6, 6.07) is 16.6. The van der Waals surface area contributed by atoms with Crippen molar-refractivity contribution in [2.45, 2.75) is 0 Å². The molecule has 1 N–H and O–H groups in total. The molecule has 30 heavy (non-hydrogen) atoms. The van der Waals surface area contributed by atoms with Gasteiger partial charge in [-0.1, -0.05) is 30.3 Å². The van der Waals surface area contributed by atoms with E-state index in [0.29, 0.717) is 23.0 Å². The largest absolute Gasteiger partial charge is 0.457 e. The Kier molecular flexibility index (Phi) is 4.10. The number of carbonyl (C=O) groups excluding carboxylic acids is 3. The van der Waals surface area contributed by atoms with Gasteiger partial charge in [-0.15, -0.1) is 0 Å². The van der Waals surface area contributed by atoms with Gasteiger partial charge < -0.3 is 13.9 Å². The minimum atomic E-state index is -0.842. The van der Waals surface area contributed by atoms with Crippen molar-refractivity contribution >= 4 is 29.6 Å². The lowest BCUT2D eigenvalue weighted by Crippen LogP contribution is -2.54. The quantitative estimate of drug-likeness (QED) is 0.533. The van der Waals surface area contributed by atoms with Crippen LogP contribution in [0.4, 0.5) is 10.5 Å². The first-order valence-electron chi connectivity index (χ1n) is 9.06. The van der Waals surface area contributed by atoms with Crippen LogP contribution in [0.2, 0.25) is 0 Å². The fourth-order valence-electron chi connectivity index (χ4n) is 3.25. The Balaban J connectivity index is 1.48. The van der Waals surface area contributed by atoms with Crippen molar-refractivity contribution in [1.82, 2.24) is 5.32 Å². The maximum absolute atomic E-state index is 13.0. The van der Waals surface area contributed by atoms with Gasteiger partial charge in [0.05, 0.1) is 5.69 Å². The van der Waals surface area contributed by atoms with Crippen LogP contribution in [0, 0.1) is 0 Å². The molecule has 0 spiro atoms. The van der Waals surface area contributed by atoms with E-state index in [1.807, 2.05) is 30.3 Å². The Morgan fingerprint density at radius 1 is 0.900 bits per heavy atom. The monoisotopic (exact) mass is 402 g/mol. The van der Waals surface area contributed by atoms with Crippen molar-refractivity contribution in [1.29, 1.82) is 0 Å². The lowest BCUT2D eigenvalue weighted by atomic mass is 10.1. The summed E-state index contributed by atoms with van der Waals surface area (Å²) in [6.07, 6.45) is 1.32. The number of carbonyl (C=O) groups is 3. The number of rotatable bonds is 3. The third kappa shape index (κ3) is 3.00. The molecule has 2 aliphatic rings. The first kappa shape index (κ1) is 17.7. The molecule has 1 fully saturated rings. The minimum Gasteiger partial charge on any atom is -0.457 e. The molecule has 4 amide bonds. The molecule has 0 unspecified atom stereocenters. The third-order valence-corrected chi connectivity index (χ3v) is 4.69. The predicted octanol–water partition coefficient (Wildman–Crippen LogP) is 3.34. The van der Waals surface area contributed by atoms with Gasteiger partial charge >= 0.3 is 6.03 Å². The maximum atomic E-state index is 13.0. The molecule has 2 aromatic carbocycles. The number of anilines is 1. The zero-order valence-electron chi connectivity index (χ0n) is 15.5.